The number of amides is 1. The smallest absolute Gasteiger partial charge is 0.271 e. The van der Waals surface area contributed by atoms with E-state index in [1.165, 1.54) is 0 Å². The van der Waals surface area contributed by atoms with Gasteiger partial charge in [-0.1, -0.05) is 6.08 Å². The van der Waals surface area contributed by atoms with Crippen molar-refractivity contribution in [2.24, 2.45) is 0 Å². The van der Waals surface area contributed by atoms with E-state index in [1.54, 1.807) is 25.6 Å². The summed E-state index contributed by atoms with van der Waals surface area (Å²) in [6.07, 6.45) is 8.53. The van der Waals surface area contributed by atoms with Gasteiger partial charge in [0.05, 0.1) is 7.11 Å². The maximum absolute atomic E-state index is 12.7. The Bertz CT molecular complexity index is 964. The maximum atomic E-state index is 12.7. The lowest BCUT2D eigenvalue weighted by molar-refractivity contribution is -0.127. The largest absolute Gasteiger partial charge is 0.481 e. The van der Waals surface area contributed by atoms with Gasteiger partial charge in [0, 0.05) is 62.3 Å². The maximum Gasteiger partial charge on any atom is 0.271 e. The molecule has 31 heavy (non-hydrogen) atoms. The molecule has 8 nitrogen and oxygen atoms in total. The molecule has 0 unspecified atom stereocenters. The zero-order valence-electron chi connectivity index (χ0n) is 18.4. The van der Waals surface area contributed by atoms with E-state index in [0.717, 1.165) is 24.0 Å². The van der Waals surface area contributed by atoms with E-state index in [0.29, 0.717) is 37.7 Å². The van der Waals surface area contributed by atoms with Crippen LogP contribution in [0.15, 0.2) is 47.5 Å². The molecule has 0 atom stereocenters. The Morgan fingerprint density at radius 2 is 2.13 bits per heavy atom. The van der Waals surface area contributed by atoms with Gasteiger partial charge in [-0.05, 0) is 44.5 Å². The summed E-state index contributed by atoms with van der Waals surface area (Å²) in [6.45, 7) is 4.81. The van der Waals surface area contributed by atoms with Crippen LogP contribution in [-0.2, 0) is 4.79 Å². The van der Waals surface area contributed by atoms with Gasteiger partial charge in [0.1, 0.15) is 5.69 Å². The van der Waals surface area contributed by atoms with Crippen molar-refractivity contribution in [1.82, 2.24) is 20.2 Å². The zero-order chi connectivity index (χ0) is 22.2. The molecule has 0 radical (unpaired) electrons. The molecule has 2 aromatic rings. The van der Waals surface area contributed by atoms with E-state index >= 15 is 0 Å². The number of methoxy groups -OCH3 is 1. The van der Waals surface area contributed by atoms with Crippen LogP contribution in [-0.4, -0.2) is 67.2 Å². The Morgan fingerprint density at radius 3 is 2.81 bits per heavy atom. The molecule has 0 aliphatic carbocycles. The number of hydrogen-bond acceptors (Lipinski definition) is 6. The second-order valence-electron chi connectivity index (χ2n) is 7.49. The summed E-state index contributed by atoms with van der Waals surface area (Å²) in [4.78, 5) is 36.0. The van der Waals surface area contributed by atoms with E-state index < -0.39 is 0 Å². The van der Waals surface area contributed by atoms with E-state index in [1.807, 2.05) is 36.2 Å². The third kappa shape index (κ3) is 5.52. The lowest BCUT2D eigenvalue weighted by atomic mass is 10.0. The van der Waals surface area contributed by atoms with Crippen LogP contribution in [0.5, 0.6) is 5.88 Å². The minimum atomic E-state index is -0.111. The number of hydrogen-bond donors (Lipinski definition) is 2. The molecule has 1 aliphatic heterocycles. The van der Waals surface area contributed by atoms with Crippen molar-refractivity contribution in [3.05, 3.63) is 53.1 Å². The number of rotatable bonds is 8. The number of H-pyrrole nitrogens is 1. The van der Waals surface area contributed by atoms with Gasteiger partial charge in [0.15, 0.2) is 0 Å². The van der Waals surface area contributed by atoms with Crippen LogP contribution in [0.3, 0.4) is 0 Å². The minimum absolute atomic E-state index is 0.0447. The van der Waals surface area contributed by atoms with Gasteiger partial charge in [0.25, 0.3) is 5.56 Å². The summed E-state index contributed by atoms with van der Waals surface area (Å²) in [7, 11) is 3.43. The number of piperidine rings is 1. The Morgan fingerprint density at radius 1 is 1.35 bits per heavy atom. The number of likely N-dealkylation sites (tertiary alicyclic amines) is 1. The number of nitrogens with zero attached hydrogens (tertiary/aromatic N) is 3. The molecule has 0 spiro atoms. The molecule has 166 valence electrons. The Balaban J connectivity index is 1.75. The van der Waals surface area contributed by atoms with Crippen molar-refractivity contribution < 1.29 is 9.53 Å². The van der Waals surface area contributed by atoms with Gasteiger partial charge < -0.3 is 24.8 Å². The topological polar surface area (TPSA) is 90.6 Å². The predicted octanol–water partition coefficient (Wildman–Crippen LogP) is 2.04. The first-order valence-corrected chi connectivity index (χ1v) is 10.7. The summed E-state index contributed by atoms with van der Waals surface area (Å²) in [5, 5.41) is 2.99. The summed E-state index contributed by atoms with van der Waals surface area (Å²) in [5.74, 6) is 0.571. The van der Waals surface area contributed by atoms with Crippen LogP contribution >= 0.6 is 0 Å². The van der Waals surface area contributed by atoms with Crippen LogP contribution in [0.4, 0.5) is 5.69 Å². The Hall–Kier alpha value is -3.13. The second kappa shape index (κ2) is 10.8. The number of carbonyl (C=O) groups excluding carboxylic acids is 1. The molecular weight excluding hydrogens is 394 g/mol. The highest BCUT2D eigenvalue weighted by molar-refractivity contribution is 5.87. The van der Waals surface area contributed by atoms with Gasteiger partial charge >= 0.3 is 0 Å². The van der Waals surface area contributed by atoms with E-state index in [4.69, 9.17) is 4.74 Å². The SMILES string of the molecule is CCN(c1cc(-c2ccnc(OC)c2)c[nH]c1=O)C1CCN(C(=O)/C=C/CNC)CC1. The van der Waals surface area contributed by atoms with Crippen molar-refractivity contribution in [2.75, 3.05) is 45.2 Å². The summed E-state index contributed by atoms with van der Waals surface area (Å²) in [5.41, 5.74) is 2.36. The number of pyridine rings is 2. The second-order valence-corrected chi connectivity index (χ2v) is 7.49. The molecule has 1 aliphatic rings. The van der Waals surface area contributed by atoms with E-state index in [2.05, 4.69) is 27.1 Å². The van der Waals surface area contributed by atoms with Crippen molar-refractivity contribution in [1.29, 1.82) is 0 Å². The first kappa shape index (κ1) is 22.6. The van der Waals surface area contributed by atoms with Gasteiger partial charge in [-0.2, -0.15) is 0 Å². The first-order valence-electron chi connectivity index (χ1n) is 10.7. The standard InChI is InChI=1S/C23H31N5O3/c1-4-28(19-8-12-27(13-9-19)22(29)6-5-10-24-2)20-14-18(16-26-23(20)30)17-7-11-25-21(15-17)31-3/h5-7,11,14-16,19,24H,4,8-10,12-13H2,1-3H3,(H,26,30)/b6-5+. The monoisotopic (exact) mass is 425 g/mol. The van der Waals surface area contributed by atoms with Crippen LogP contribution in [0, 0.1) is 0 Å². The van der Waals surface area contributed by atoms with E-state index in [-0.39, 0.29) is 17.5 Å². The number of anilines is 1. The summed E-state index contributed by atoms with van der Waals surface area (Å²) >= 11 is 0. The molecule has 8 heteroatoms. The summed E-state index contributed by atoms with van der Waals surface area (Å²) < 4.78 is 5.22. The fourth-order valence-corrected chi connectivity index (χ4v) is 3.96. The highest BCUT2D eigenvalue weighted by Gasteiger charge is 2.27. The fourth-order valence-electron chi connectivity index (χ4n) is 3.96. The van der Waals surface area contributed by atoms with Crippen LogP contribution < -0.4 is 20.5 Å². The molecule has 1 amide bonds. The molecule has 1 saturated heterocycles. The molecule has 2 N–H and O–H groups in total. The Labute approximate surface area is 182 Å². The average Bonchev–Trinajstić information content (AvgIpc) is 2.81. The molecule has 1 fully saturated rings. The lowest BCUT2D eigenvalue weighted by Crippen LogP contribution is -2.47. The predicted molar refractivity (Wildman–Crippen MR) is 123 cm³/mol. The van der Waals surface area contributed by atoms with Crippen molar-refractivity contribution in [3.8, 4) is 17.0 Å². The number of carbonyl (C=O) groups is 1. The van der Waals surface area contributed by atoms with Gasteiger partial charge in [-0.15, -0.1) is 0 Å². The van der Waals surface area contributed by atoms with Crippen LogP contribution in [0.25, 0.3) is 11.1 Å². The van der Waals surface area contributed by atoms with Crippen LogP contribution in [0.1, 0.15) is 19.8 Å². The number of likely N-dealkylation sites (N-methyl/N-ethyl adjacent to an activating group) is 1. The molecule has 0 aromatic carbocycles. The van der Waals surface area contributed by atoms with Crippen molar-refractivity contribution >= 4 is 11.6 Å². The molecule has 0 saturated carbocycles. The highest BCUT2D eigenvalue weighted by Crippen LogP contribution is 2.26. The fraction of sp³-hybridized carbons (Fsp3) is 0.435. The Kier molecular flexibility index (Phi) is 7.83. The molecule has 3 rings (SSSR count). The third-order valence-corrected chi connectivity index (χ3v) is 5.61. The number of nitrogens with one attached hydrogen (secondary N) is 2. The zero-order valence-corrected chi connectivity index (χ0v) is 18.4. The number of ether oxygens (including phenoxy) is 1. The minimum Gasteiger partial charge on any atom is -0.481 e. The lowest BCUT2D eigenvalue weighted by Gasteiger charge is -2.38. The van der Waals surface area contributed by atoms with Gasteiger partial charge in [-0.25, -0.2) is 4.98 Å². The van der Waals surface area contributed by atoms with Crippen molar-refractivity contribution in [2.45, 2.75) is 25.8 Å². The molecule has 2 aromatic heterocycles. The normalized spacial score (nSPS) is 14.7. The molecule has 0 bridgehead atoms. The first-order chi connectivity index (χ1) is 15.1. The third-order valence-electron chi connectivity index (χ3n) is 5.61. The summed E-state index contributed by atoms with van der Waals surface area (Å²) in [6, 6.07) is 5.87. The van der Waals surface area contributed by atoms with Gasteiger partial charge in [-0.3, -0.25) is 9.59 Å². The molecule has 3 heterocycles. The average molecular weight is 426 g/mol. The quantitative estimate of drug-likeness (QED) is 0.629. The molecular formula is C23H31N5O3. The number of aromatic amines is 1. The van der Waals surface area contributed by atoms with E-state index in [9.17, 15) is 9.59 Å². The van der Waals surface area contributed by atoms with Crippen molar-refractivity contribution in [3.63, 3.8) is 0 Å². The number of aromatic nitrogens is 2. The van der Waals surface area contributed by atoms with Crippen LogP contribution in [0.2, 0.25) is 0 Å². The highest BCUT2D eigenvalue weighted by atomic mass is 16.5. The van der Waals surface area contributed by atoms with Gasteiger partial charge in [0.2, 0.25) is 11.8 Å².